The summed E-state index contributed by atoms with van der Waals surface area (Å²) in [6, 6.07) is 4.06. The number of ether oxygens (including phenoxy) is 2. The number of hydrogen-bond donors (Lipinski definition) is 1. The fraction of sp³-hybridized carbons (Fsp3) is 0.526. The highest BCUT2D eigenvalue weighted by Crippen LogP contribution is 2.46. The van der Waals surface area contributed by atoms with Gasteiger partial charge >= 0.3 is 5.97 Å². The highest BCUT2D eigenvalue weighted by molar-refractivity contribution is 6.20. The minimum absolute atomic E-state index is 0.104. The third-order valence-electron chi connectivity index (χ3n) is 5.16. The third kappa shape index (κ3) is 2.55. The lowest BCUT2D eigenvalue weighted by Crippen LogP contribution is -2.38. The largest absolute Gasteiger partial charge is 0.507 e. The van der Waals surface area contributed by atoms with Crippen molar-refractivity contribution in [2.75, 3.05) is 7.11 Å². The van der Waals surface area contributed by atoms with Crippen molar-refractivity contribution >= 4 is 11.5 Å². The van der Waals surface area contributed by atoms with Crippen molar-refractivity contribution < 1.29 is 19.4 Å². The van der Waals surface area contributed by atoms with Gasteiger partial charge in [-0.3, -0.25) is 0 Å². The monoisotopic (exact) mass is 316 g/mol. The van der Waals surface area contributed by atoms with Crippen LogP contribution in [-0.2, 0) is 14.3 Å². The first-order valence-corrected chi connectivity index (χ1v) is 8.16. The SMILES string of the molecule is COC1CCC2(CC1)OC(=O)C(c1c(C)cc(C)cc1C)=C2O. The number of hydrogen-bond acceptors (Lipinski definition) is 4. The Bertz CT molecular complexity index is 656. The van der Waals surface area contributed by atoms with E-state index in [-0.39, 0.29) is 11.9 Å². The van der Waals surface area contributed by atoms with E-state index < -0.39 is 11.6 Å². The Morgan fingerprint density at radius 3 is 2.26 bits per heavy atom. The molecule has 3 rings (SSSR count). The third-order valence-corrected chi connectivity index (χ3v) is 5.16. The molecule has 1 spiro atoms. The summed E-state index contributed by atoms with van der Waals surface area (Å²) in [5.41, 5.74) is 3.42. The van der Waals surface area contributed by atoms with Crippen LogP contribution in [0.5, 0.6) is 0 Å². The van der Waals surface area contributed by atoms with Gasteiger partial charge in [0.2, 0.25) is 0 Å². The number of carbonyl (C=O) groups excluding carboxylic acids is 1. The van der Waals surface area contributed by atoms with Crippen molar-refractivity contribution in [2.45, 2.75) is 58.2 Å². The van der Waals surface area contributed by atoms with Gasteiger partial charge in [-0.25, -0.2) is 4.79 Å². The number of methoxy groups -OCH3 is 1. The Morgan fingerprint density at radius 2 is 1.74 bits per heavy atom. The number of rotatable bonds is 2. The first-order valence-electron chi connectivity index (χ1n) is 8.16. The zero-order valence-electron chi connectivity index (χ0n) is 14.2. The summed E-state index contributed by atoms with van der Waals surface area (Å²) in [6.07, 6.45) is 2.96. The normalized spacial score (nSPS) is 27.7. The van der Waals surface area contributed by atoms with Crippen LogP contribution in [-0.4, -0.2) is 29.9 Å². The number of esters is 1. The molecule has 2 aliphatic rings. The molecule has 0 radical (unpaired) electrons. The standard InChI is InChI=1S/C19H24O4/c1-11-9-12(2)15(13(3)10-11)16-17(20)19(23-18(16)21)7-5-14(22-4)6-8-19/h9-10,14,20H,5-8H2,1-4H3. The molecule has 1 N–H and O–H groups in total. The first kappa shape index (κ1) is 16.1. The second-order valence-electron chi connectivity index (χ2n) is 6.82. The van der Waals surface area contributed by atoms with Gasteiger partial charge in [-0.2, -0.15) is 0 Å². The van der Waals surface area contributed by atoms with Gasteiger partial charge in [-0.1, -0.05) is 17.7 Å². The van der Waals surface area contributed by atoms with E-state index in [0.717, 1.165) is 35.1 Å². The summed E-state index contributed by atoms with van der Waals surface area (Å²) in [5, 5.41) is 10.9. The lowest BCUT2D eigenvalue weighted by Gasteiger charge is -2.35. The van der Waals surface area contributed by atoms with E-state index in [0.29, 0.717) is 18.4 Å². The minimum atomic E-state index is -0.856. The van der Waals surface area contributed by atoms with Crippen LogP contribution in [0, 0.1) is 20.8 Å². The van der Waals surface area contributed by atoms with Crippen LogP contribution in [0.3, 0.4) is 0 Å². The molecule has 1 aromatic carbocycles. The summed E-state index contributed by atoms with van der Waals surface area (Å²) in [4.78, 5) is 12.5. The number of carbonyl (C=O) groups is 1. The average Bonchev–Trinajstić information content (AvgIpc) is 2.72. The van der Waals surface area contributed by atoms with Gasteiger partial charge in [0.1, 0.15) is 5.57 Å². The van der Waals surface area contributed by atoms with Gasteiger partial charge in [-0.05, 0) is 63.1 Å². The summed E-state index contributed by atoms with van der Waals surface area (Å²) in [6.45, 7) is 5.96. The van der Waals surface area contributed by atoms with Crippen molar-refractivity contribution in [1.82, 2.24) is 0 Å². The van der Waals surface area contributed by atoms with E-state index in [4.69, 9.17) is 9.47 Å². The van der Waals surface area contributed by atoms with Crippen LogP contribution in [0.25, 0.3) is 5.57 Å². The summed E-state index contributed by atoms with van der Waals surface area (Å²) in [5.74, 6) is -0.305. The van der Waals surface area contributed by atoms with Gasteiger partial charge in [-0.15, -0.1) is 0 Å². The Labute approximate surface area is 137 Å². The van der Waals surface area contributed by atoms with Crippen LogP contribution >= 0.6 is 0 Å². The maximum atomic E-state index is 12.5. The molecule has 1 aromatic rings. The van der Waals surface area contributed by atoms with Crippen molar-refractivity contribution in [3.8, 4) is 0 Å². The molecular weight excluding hydrogens is 292 g/mol. The Kier molecular flexibility index (Phi) is 3.96. The second-order valence-corrected chi connectivity index (χ2v) is 6.82. The first-order chi connectivity index (χ1) is 10.9. The molecule has 1 heterocycles. The molecular formula is C19H24O4. The molecule has 1 fully saturated rings. The van der Waals surface area contributed by atoms with Gasteiger partial charge in [0.05, 0.1) is 6.10 Å². The van der Waals surface area contributed by atoms with Gasteiger partial charge in [0.25, 0.3) is 0 Å². The van der Waals surface area contributed by atoms with E-state index in [1.807, 2.05) is 32.9 Å². The van der Waals surface area contributed by atoms with E-state index in [1.165, 1.54) is 0 Å². The fourth-order valence-electron chi connectivity index (χ4n) is 4.03. The molecule has 0 saturated heterocycles. The molecule has 0 unspecified atom stereocenters. The molecule has 1 aliphatic carbocycles. The molecule has 0 atom stereocenters. The van der Waals surface area contributed by atoms with Gasteiger partial charge < -0.3 is 14.6 Å². The molecule has 124 valence electrons. The number of aryl methyl sites for hydroxylation is 3. The summed E-state index contributed by atoms with van der Waals surface area (Å²) < 4.78 is 11.1. The van der Waals surface area contributed by atoms with Crippen molar-refractivity contribution in [2.24, 2.45) is 0 Å². The topological polar surface area (TPSA) is 55.8 Å². The predicted octanol–water partition coefficient (Wildman–Crippen LogP) is 3.77. The molecule has 23 heavy (non-hydrogen) atoms. The zero-order valence-corrected chi connectivity index (χ0v) is 14.2. The summed E-state index contributed by atoms with van der Waals surface area (Å²) >= 11 is 0. The number of aliphatic hydroxyl groups excluding tert-OH is 1. The van der Waals surface area contributed by atoms with Crippen LogP contribution in [0.4, 0.5) is 0 Å². The predicted molar refractivity (Wildman–Crippen MR) is 88.3 cm³/mol. The average molecular weight is 316 g/mol. The molecule has 4 nitrogen and oxygen atoms in total. The molecule has 4 heteroatoms. The smallest absolute Gasteiger partial charge is 0.343 e. The van der Waals surface area contributed by atoms with Gasteiger partial charge in [0, 0.05) is 7.11 Å². The number of benzene rings is 1. The maximum Gasteiger partial charge on any atom is 0.343 e. The molecule has 0 aromatic heterocycles. The Balaban J connectivity index is 2.04. The van der Waals surface area contributed by atoms with Crippen LogP contribution in [0.1, 0.15) is 47.9 Å². The van der Waals surface area contributed by atoms with E-state index >= 15 is 0 Å². The quantitative estimate of drug-likeness (QED) is 0.844. The van der Waals surface area contributed by atoms with Crippen LogP contribution < -0.4 is 0 Å². The van der Waals surface area contributed by atoms with Crippen molar-refractivity contribution in [1.29, 1.82) is 0 Å². The Hall–Kier alpha value is -1.81. The minimum Gasteiger partial charge on any atom is -0.507 e. The zero-order chi connectivity index (χ0) is 16.8. The molecule has 0 bridgehead atoms. The highest BCUT2D eigenvalue weighted by Gasteiger charge is 2.50. The second kappa shape index (κ2) is 5.68. The Morgan fingerprint density at radius 1 is 1.17 bits per heavy atom. The lowest BCUT2D eigenvalue weighted by molar-refractivity contribution is -0.151. The van der Waals surface area contributed by atoms with Crippen molar-refractivity contribution in [3.63, 3.8) is 0 Å². The highest BCUT2D eigenvalue weighted by atomic mass is 16.6. The number of aliphatic hydroxyl groups is 1. The maximum absolute atomic E-state index is 12.5. The van der Waals surface area contributed by atoms with E-state index in [1.54, 1.807) is 7.11 Å². The molecule has 1 aliphatic heterocycles. The van der Waals surface area contributed by atoms with Gasteiger partial charge in [0.15, 0.2) is 11.4 Å². The summed E-state index contributed by atoms with van der Waals surface area (Å²) in [7, 11) is 1.70. The molecule has 0 amide bonds. The van der Waals surface area contributed by atoms with E-state index in [2.05, 4.69) is 0 Å². The van der Waals surface area contributed by atoms with Crippen LogP contribution in [0.2, 0.25) is 0 Å². The molecule has 1 saturated carbocycles. The lowest BCUT2D eigenvalue weighted by atomic mass is 9.80. The van der Waals surface area contributed by atoms with Crippen LogP contribution in [0.15, 0.2) is 17.9 Å². The fourth-order valence-corrected chi connectivity index (χ4v) is 4.03. The van der Waals surface area contributed by atoms with Crippen molar-refractivity contribution in [3.05, 3.63) is 40.1 Å². The van der Waals surface area contributed by atoms with E-state index in [9.17, 15) is 9.90 Å².